The number of ether oxygens (including phenoxy) is 2. The van der Waals surface area contributed by atoms with Crippen molar-refractivity contribution in [2.75, 3.05) is 7.11 Å². The molecule has 21 heavy (non-hydrogen) atoms. The van der Waals surface area contributed by atoms with E-state index in [1.54, 1.807) is 7.11 Å². The van der Waals surface area contributed by atoms with Crippen molar-refractivity contribution in [2.45, 2.75) is 19.6 Å². The van der Waals surface area contributed by atoms with Crippen molar-refractivity contribution in [3.63, 3.8) is 0 Å². The van der Waals surface area contributed by atoms with E-state index in [1.807, 2.05) is 31.2 Å². The highest BCUT2D eigenvalue weighted by atomic mass is 79.9. The van der Waals surface area contributed by atoms with Crippen LogP contribution in [0.25, 0.3) is 0 Å². The predicted octanol–water partition coefficient (Wildman–Crippen LogP) is 4.20. The molecule has 0 fully saturated rings. The summed E-state index contributed by atoms with van der Waals surface area (Å²) in [7, 11) is 1.58. The van der Waals surface area contributed by atoms with Crippen LogP contribution in [-0.4, -0.2) is 7.11 Å². The fourth-order valence-electron chi connectivity index (χ4n) is 1.94. The highest BCUT2D eigenvalue weighted by molar-refractivity contribution is 9.10. The Kier molecular flexibility index (Phi) is 5.20. The minimum Gasteiger partial charge on any atom is -0.493 e. The molecule has 112 valence electrons. The first-order valence-corrected chi connectivity index (χ1v) is 7.30. The van der Waals surface area contributed by atoms with Crippen LogP contribution in [0, 0.1) is 5.82 Å². The van der Waals surface area contributed by atoms with Gasteiger partial charge in [0.25, 0.3) is 0 Å². The zero-order valence-corrected chi connectivity index (χ0v) is 13.5. The molecule has 1 atom stereocenters. The first-order chi connectivity index (χ1) is 9.99. The largest absolute Gasteiger partial charge is 0.493 e. The summed E-state index contributed by atoms with van der Waals surface area (Å²) >= 11 is 3.26. The molecule has 0 saturated carbocycles. The molecule has 0 aliphatic carbocycles. The first-order valence-electron chi connectivity index (χ1n) is 6.51. The van der Waals surface area contributed by atoms with E-state index in [1.165, 1.54) is 12.1 Å². The van der Waals surface area contributed by atoms with E-state index < -0.39 is 0 Å². The van der Waals surface area contributed by atoms with Gasteiger partial charge in [-0.2, -0.15) is 0 Å². The molecule has 0 heterocycles. The van der Waals surface area contributed by atoms with Crippen molar-refractivity contribution in [3.8, 4) is 11.5 Å². The van der Waals surface area contributed by atoms with Gasteiger partial charge in [0.15, 0.2) is 11.5 Å². The average Bonchev–Trinajstić information content (AvgIpc) is 2.43. The van der Waals surface area contributed by atoms with Gasteiger partial charge >= 0.3 is 0 Å². The van der Waals surface area contributed by atoms with Crippen molar-refractivity contribution in [3.05, 3.63) is 57.8 Å². The van der Waals surface area contributed by atoms with E-state index in [9.17, 15) is 4.39 Å². The Hall–Kier alpha value is -1.59. The van der Waals surface area contributed by atoms with Crippen LogP contribution in [0.15, 0.2) is 40.9 Å². The second kappa shape index (κ2) is 6.91. The number of benzene rings is 2. The maximum Gasteiger partial charge on any atom is 0.161 e. The van der Waals surface area contributed by atoms with E-state index in [2.05, 4.69) is 15.9 Å². The van der Waals surface area contributed by atoms with Crippen molar-refractivity contribution < 1.29 is 13.9 Å². The van der Waals surface area contributed by atoms with Crippen LogP contribution in [0.5, 0.6) is 11.5 Å². The quantitative estimate of drug-likeness (QED) is 0.876. The fourth-order valence-corrected chi connectivity index (χ4v) is 2.45. The van der Waals surface area contributed by atoms with Crippen molar-refractivity contribution in [2.24, 2.45) is 5.73 Å². The van der Waals surface area contributed by atoms with Gasteiger partial charge in [0, 0.05) is 10.5 Å². The topological polar surface area (TPSA) is 44.5 Å². The Bertz CT molecular complexity index is 611. The van der Waals surface area contributed by atoms with Gasteiger partial charge in [0.2, 0.25) is 0 Å². The summed E-state index contributed by atoms with van der Waals surface area (Å²) in [6.45, 7) is 2.16. The summed E-state index contributed by atoms with van der Waals surface area (Å²) in [5.74, 6) is 0.907. The van der Waals surface area contributed by atoms with Crippen LogP contribution in [0.4, 0.5) is 4.39 Å². The Morgan fingerprint density at radius 2 is 1.95 bits per heavy atom. The lowest BCUT2D eigenvalue weighted by molar-refractivity contribution is 0.283. The van der Waals surface area contributed by atoms with E-state index in [0.29, 0.717) is 16.0 Å². The summed E-state index contributed by atoms with van der Waals surface area (Å²) in [6.07, 6.45) is 0. The Morgan fingerprint density at radius 3 is 2.57 bits per heavy atom. The van der Waals surface area contributed by atoms with Crippen molar-refractivity contribution in [1.82, 2.24) is 0 Å². The Labute approximate surface area is 132 Å². The Morgan fingerprint density at radius 1 is 1.19 bits per heavy atom. The molecule has 0 aliphatic rings. The van der Waals surface area contributed by atoms with Gasteiger partial charge in [-0.1, -0.05) is 22.0 Å². The summed E-state index contributed by atoms with van der Waals surface area (Å²) in [5, 5.41) is 0. The predicted molar refractivity (Wildman–Crippen MR) is 84.0 cm³/mol. The highest BCUT2D eigenvalue weighted by Crippen LogP contribution is 2.30. The number of methoxy groups -OCH3 is 1. The van der Waals surface area contributed by atoms with E-state index in [-0.39, 0.29) is 18.5 Å². The second-order valence-electron chi connectivity index (χ2n) is 4.77. The van der Waals surface area contributed by atoms with Crippen molar-refractivity contribution in [1.29, 1.82) is 0 Å². The Balaban J connectivity index is 2.15. The molecule has 2 aromatic carbocycles. The van der Waals surface area contributed by atoms with Crippen LogP contribution >= 0.6 is 15.9 Å². The maximum absolute atomic E-state index is 13.3. The van der Waals surface area contributed by atoms with E-state index >= 15 is 0 Å². The number of hydrogen-bond donors (Lipinski definition) is 1. The van der Waals surface area contributed by atoms with Gasteiger partial charge in [-0.05, 0) is 48.4 Å². The number of nitrogens with two attached hydrogens (primary N) is 1. The lowest BCUT2D eigenvalue weighted by atomic mass is 10.1. The van der Waals surface area contributed by atoms with Crippen LogP contribution < -0.4 is 15.2 Å². The van der Waals surface area contributed by atoms with Gasteiger partial charge in [-0.15, -0.1) is 0 Å². The third kappa shape index (κ3) is 4.19. The zero-order valence-electron chi connectivity index (χ0n) is 11.9. The minimum absolute atomic E-state index is 0.0767. The molecule has 0 unspecified atom stereocenters. The summed E-state index contributed by atoms with van der Waals surface area (Å²) in [4.78, 5) is 0. The van der Waals surface area contributed by atoms with Gasteiger partial charge < -0.3 is 15.2 Å². The summed E-state index contributed by atoms with van der Waals surface area (Å²) in [6, 6.07) is 10.1. The van der Waals surface area contributed by atoms with E-state index in [4.69, 9.17) is 15.2 Å². The fraction of sp³-hybridized carbons (Fsp3) is 0.250. The van der Waals surface area contributed by atoms with Crippen LogP contribution in [-0.2, 0) is 6.61 Å². The molecule has 0 spiro atoms. The minimum atomic E-state index is -0.303. The van der Waals surface area contributed by atoms with Crippen LogP contribution in [0.1, 0.15) is 24.1 Å². The number of halogens is 2. The summed E-state index contributed by atoms with van der Waals surface area (Å²) in [5.41, 5.74) is 7.54. The molecule has 2 rings (SSSR count). The molecule has 0 amide bonds. The molecule has 0 bridgehead atoms. The molecule has 0 aliphatic heterocycles. The lowest BCUT2D eigenvalue weighted by Gasteiger charge is -2.14. The summed E-state index contributed by atoms with van der Waals surface area (Å²) < 4.78 is 25.0. The lowest BCUT2D eigenvalue weighted by Crippen LogP contribution is -2.05. The molecule has 2 aromatic rings. The smallest absolute Gasteiger partial charge is 0.161 e. The third-order valence-corrected chi connectivity index (χ3v) is 3.49. The van der Waals surface area contributed by atoms with Crippen LogP contribution in [0.3, 0.4) is 0 Å². The molecule has 2 N–H and O–H groups in total. The molecular weight excluding hydrogens is 337 g/mol. The SMILES string of the molecule is COc1cc([C@H](C)N)ccc1OCc1cc(F)cc(Br)c1. The standard InChI is InChI=1S/C16H17BrFNO2/c1-10(19)12-3-4-15(16(7-12)20-2)21-9-11-5-13(17)8-14(18)6-11/h3-8,10H,9,19H2,1-2H3/t10-/m0/s1. The second-order valence-corrected chi connectivity index (χ2v) is 5.68. The van der Waals surface area contributed by atoms with E-state index in [0.717, 1.165) is 11.1 Å². The average molecular weight is 354 g/mol. The monoisotopic (exact) mass is 353 g/mol. The molecule has 0 aromatic heterocycles. The maximum atomic E-state index is 13.3. The van der Waals surface area contributed by atoms with Crippen LogP contribution in [0.2, 0.25) is 0 Å². The van der Waals surface area contributed by atoms with Gasteiger partial charge in [-0.3, -0.25) is 0 Å². The zero-order chi connectivity index (χ0) is 15.4. The molecule has 0 radical (unpaired) electrons. The first kappa shape index (κ1) is 15.8. The number of hydrogen-bond acceptors (Lipinski definition) is 3. The molecule has 0 saturated heterocycles. The number of rotatable bonds is 5. The molecular formula is C16H17BrFNO2. The van der Waals surface area contributed by atoms with Gasteiger partial charge in [0.1, 0.15) is 12.4 Å². The molecule has 5 heteroatoms. The normalized spacial score (nSPS) is 12.0. The highest BCUT2D eigenvalue weighted by Gasteiger charge is 2.09. The van der Waals surface area contributed by atoms with Gasteiger partial charge in [-0.25, -0.2) is 4.39 Å². The molecule has 3 nitrogen and oxygen atoms in total. The third-order valence-electron chi connectivity index (χ3n) is 3.03. The van der Waals surface area contributed by atoms with Gasteiger partial charge in [0.05, 0.1) is 7.11 Å². The van der Waals surface area contributed by atoms with Crippen molar-refractivity contribution >= 4 is 15.9 Å².